The van der Waals surface area contributed by atoms with Gasteiger partial charge in [-0.05, 0) is 30.7 Å². The number of hydrogen-bond donors (Lipinski definition) is 2. The highest BCUT2D eigenvalue weighted by atomic mass is 19.1. The van der Waals surface area contributed by atoms with Crippen molar-refractivity contribution in [1.82, 2.24) is 9.97 Å². The predicted octanol–water partition coefficient (Wildman–Crippen LogP) is 2.23. The molecule has 0 aliphatic carbocycles. The fourth-order valence-corrected chi connectivity index (χ4v) is 1.68. The zero-order chi connectivity index (χ0) is 13.8. The Kier molecular flexibility index (Phi) is 3.70. The van der Waals surface area contributed by atoms with Crippen LogP contribution in [0.3, 0.4) is 0 Å². The SMILES string of the molecule is Cc1cc(F)ccc1NCc1ncncc1C(=O)O. The van der Waals surface area contributed by atoms with Gasteiger partial charge < -0.3 is 10.4 Å². The molecule has 2 N–H and O–H groups in total. The number of carbonyl (C=O) groups is 1. The molecular formula is C13H12FN3O2. The average molecular weight is 261 g/mol. The van der Waals surface area contributed by atoms with Crippen LogP contribution in [0.2, 0.25) is 0 Å². The molecule has 98 valence electrons. The molecule has 5 nitrogen and oxygen atoms in total. The molecule has 0 fully saturated rings. The highest BCUT2D eigenvalue weighted by Crippen LogP contribution is 2.17. The molecule has 1 aromatic heterocycles. The van der Waals surface area contributed by atoms with Gasteiger partial charge in [0.25, 0.3) is 0 Å². The number of nitrogens with one attached hydrogen (secondary N) is 1. The fourth-order valence-electron chi connectivity index (χ4n) is 1.68. The summed E-state index contributed by atoms with van der Waals surface area (Å²) < 4.78 is 13.0. The lowest BCUT2D eigenvalue weighted by atomic mass is 10.2. The second-order valence-electron chi connectivity index (χ2n) is 4.00. The highest BCUT2D eigenvalue weighted by Gasteiger charge is 2.11. The van der Waals surface area contributed by atoms with E-state index < -0.39 is 5.97 Å². The number of aryl methyl sites for hydroxylation is 1. The van der Waals surface area contributed by atoms with Crippen molar-refractivity contribution in [1.29, 1.82) is 0 Å². The standard InChI is InChI=1S/C13H12FN3O2/c1-8-4-9(14)2-3-11(8)16-6-12-10(13(18)19)5-15-7-17-12/h2-5,7,16H,6H2,1H3,(H,18,19). The molecule has 0 radical (unpaired) electrons. The Labute approximate surface area is 109 Å². The van der Waals surface area contributed by atoms with Crippen molar-refractivity contribution in [3.63, 3.8) is 0 Å². The molecule has 1 aromatic carbocycles. The zero-order valence-corrected chi connectivity index (χ0v) is 10.2. The van der Waals surface area contributed by atoms with Gasteiger partial charge in [0.15, 0.2) is 0 Å². The third-order valence-electron chi connectivity index (χ3n) is 2.66. The van der Waals surface area contributed by atoms with Crippen LogP contribution < -0.4 is 5.32 Å². The minimum atomic E-state index is -1.08. The van der Waals surface area contributed by atoms with E-state index in [-0.39, 0.29) is 17.9 Å². The molecule has 1 heterocycles. The van der Waals surface area contributed by atoms with Crippen LogP contribution in [0, 0.1) is 12.7 Å². The molecular weight excluding hydrogens is 249 g/mol. The summed E-state index contributed by atoms with van der Waals surface area (Å²) in [4.78, 5) is 18.6. The van der Waals surface area contributed by atoms with Crippen LogP contribution in [-0.2, 0) is 6.54 Å². The first-order chi connectivity index (χ1) is 9.08. The summed E-state index contributed by atoms with van der Waals surface area (Å²) in [5.74, 6) is -1.38. The van der Waals surface area contributed by atoms with Gasteiger partial charge in [-0.15, -0.1) is 0 Å². The number of hydrogen-bond acceptors (Lipinski definition) is 4. The lowest BCUT2D eigenvalue weighted by Crippen LogP contribution is -2.10. The summed E-state index contributed by atoms with van der Waals surface area (Å²) in [5, 5.41) is 12.0. The van der Waals surface area contributed by atoms with Crippen LogP contribution >= 0.6 is 0 Å². The van der Waals surface area contributed by atoms with E-state index in [4.69, 9.17) is 5.11 Å². The minimum Gasteiger partial charge on any atom is -0.478 e. The molecule has 0 aliphatic rings. The van der Waals surface area contributed by atoms with Gasteiger partial charge in [0, 0.05) is 11.9 Å². The Morgan fingerprint density at radius 2 is 2.26 bits per heavy atom. The lowest BCUT2D eigenvalue weighted by molar-refractivity contribution is 0.0694. The summed E-state index contributed by atoms with van der Waals surface area (Å²) in [6, 6.07) is 4.35. The van der Waals surface area contributed by atoms with Crippen LogP contribution in [-0.4, -0.2) is 21.0 Å². The normalized spacial score (nSPS) is 10.2. The summed E-state index contributed by atoms with van der Waals surface area (Å²) >= 11 is 0. The van der Waals surface area contributed by atoms with Gasteiger partial charge >= 0.3 is 5.97 Å². The van der Waals surface area contributed by atoms with Crippen molar-refractivity contribution in [2.45, 2.75) is 13.5 Å². The summed E-state index contributed by atoms with van der Waals surface area (Å²) in [5.41, 5.74) is 1.91. The molecule has 0 saturated carbocycles. The number of benzene rings is 1. The topological polar surface area (TPSA) is 75.1 Å². The summed E-state index contributed by atoms with van der Waals surface area (Å²) in [7, 11) is 0. The smallest absolute Gasteiger partial charge is 0.339 e. The second-order valence-corrected chi connectivity index (χ2v) is 4.00. The van der Waals surface area contributed by atoms with Crippen molar-refractivity contribution in [2.75, 3.05) is 5.32 Å². The summed E-state index contributed by atoms with van der Waals surface area (Å²) in [6.07, 6.45) is 2.55. The molecule has 2 rings (SSSR count). The largest absolute Gasteiger partial charge is 0.478 e. The molecule has 0 spiro atoms. The molecule has 0 unspecified atom stereocenters. The Balaban J connectivity index is 2.17. The molecule has 0 bridgehead atoms. The third kappa shape index (κ3) is 3.04. The number of nitrogens with zero attached hydrogens (tertiary/aromatic N) is 2. The minimum absolute atomic E-state index is 0.0507. The first-order valence-corrected chi connectivity index (χ1v) is 5.60. The molecule has 6 heteroatoms. The lowest BCUT2D eigenvalue weighted by Gasteiger charge is -2.10. The van der Waals surface area contributed by atoms with Gasteiger partial charge in [-0.3, -0.25) is 0 Å². The maximum absolute atomic E-state index is 13.0. The maximum atomic E-state index is 13.0. The number of anilines is 1. The van der Waals surface area contributed by atoms with Crippen molar-refractivity contribution < 1.29 is 14.3 Å². The zero-order valence-electron chi connectivity index (χ0n) is 10.2. The Bertz CT molecular complexity index is 617. The van der Waals surface area contributed by atoms with Crippen LogP contribution in [0.4, 0.5) is 10.1 Å². The van der Waals surface area contributed by atoms with Gasteiger partial charge in [0.1, 0.15) is 17.7 Å². The molecule has 0 saturated heterocycles. The van der Waals surface area contributed by atoms with Crippen LogP contribution in [0.5, 0.6) is 0 Å². The fraction of sp³-hybridized carbons (Fsp3) is 0.154. The van der Waals surface area contributed by atoms with Gasteiger partial charge in [-0.1, -0.05) is 0 Å². The van der Waals surface area contributed by atoms with Crippen molar-refractivity contribution >= 4 is 11.7 Å². The number of halogens is 1. The number of carboxylic acid groups (broad SMARTS) is 1. The Morgan fingerprint density at radius 1 is 1.47 bits per heavy atom. The number of aromatic carboxylic acids is 1. The van der Waals surface area contributed by atoms with Gasteiger partial charge in [0.2, 0.25) is 0 Å². The van der Waals surface area contributed by atoms with E-state index in [0.29, 0.717) is 5.69 Å². The van der Waals surface area contributed by atoms with E-state index in [9.17, 15) is 9.18 Å². The van der Waals surface area contributed by atoms with Gasteiger partial charge in [-0.2, -0.15) is 0 Å². The van der Waals surface area contributed by atoms with Crippen molar-refractivity contribution in [3.8, 4) is 0 Å². The van der Waals surface area contributed by atoms with Crippen LogP contribution in [0.1, 0.15) is 21.6 Å². The van der Waals surface area contributed by atoms with Crippen LogP contribution in [0.25, 0.3) is 0 Å². The number of rotatable bonds is 4. The summed E-state index contributed by atoms with van der Waals surface area (Å²) in [6.45, 7) is 2.00. The van der Waals surface area contributed by atoms with E-state index in [2.05, 4.69) is 15.3 Å². The van der Waals surface area contributed by atoms with E-state index in [0.717, 1.165) is 11.3 Å². The monoisotopic (exact) mass is 261 g/mol. The average Bonchev–Trinajstić information content (AvgIpc) is 2.38. The number of aromatic nitrogens is 2. The van der Waals surface area contributed by atoms with Crippen LogP contribution in [0.15, 0.2) is 30.7 Å². The predicted molar refractivity (Wildman–Crippen MR) is 67.5 cm³/mol. The second kappa shape index (κ2) is 5.43. The molecule has 0 amide bonds. The Morgan fingerprint density at radius 3 is 2.95 bits per heavy atom. The van der Waals surface area contributed by atoms with Gasteiger partial charge in [-0.25, -0.2) is 19.2 Å². The first kappa shape index (κ1) is 12.9. The van der Waals surface area contributed by atoms with E-state index in [1.165, 1.54) is 24.7 Å². The first-order valence-electron chi connectivity index (χ1n) is 5.60. The molecule has 19 heavy (non-hydrogen) atoms. The van der Waals surface area contributed by atoms with E-state index in [1.54, 1.807) is 13.0 Å². The quantitative estimate of drug-likeness (QED) is 0.882. The van der Waals surface area contributed by atoms with Crippen molar-refractivity contribution in [2.24, 2.45) is 0 Å². The van der Waals surface area contributed by atoms with E-state index in [1.807, 2.05) is 0 Å². The van der Waals surface area contributed by atoms with Gasteiger partial charge in [0.05, 0.1) is 12.2 Å². The third-order valence-corrected chi connectivity index (χ3v) is 2.66. The molecule has 0 aliphatic heterocycles. The Hall–Kier alpha value is -2.50. The highest BCUT2D eigenvalue weighted by molar-refractivity contribution is 5.88. The molecule has 2 aromatic rings. The maximum Gasteiger partial charge on any atom is 0.339 e. The molecule has 0 atom stereocenters. The number of carboxylic acids is 1. The van der Waals surface area contributed by atoms with E-state index >= 15 is 0 Å². The van der Waals surface area contributed by atoms with Crippen molar-refractivity contribution in [3.05, 3.63) is 53.4 Å².